The molecule has 0 aliphatic heterocycles. The van der Waals surface area contributed by atoms with Gasteiger partial charge in [-0.1, -0.05) is 96.5 Å². The molecule has 156 valence electrons. The third-order valence-corrected chi connectivity index (χ3v) is 4.91. The van der Waals surface area contributed by atoms with Crippen molar-refractivity contribution in [2.24, 2.45) is 0 Å². The van der Waals surface area contributed by atoms with Crippen LogP contribution in [-0.4, -0.2) is 12.5 Å². The zero-order valence-corrected chi connectivity index (χ0v) is 18.3. The van der Waals surface area contributed by atoms with Crippen LogP contribution in [0.5, 0.6) is 0 Å². The van der Waals surface area contributed by atoms with Gasteiger partial charge in [0.05, 0.1) is 0 Å². The molecule has 0 saturated carbocycles. The van der Waals surface area contributed by atoms with Crippen LogP contribution in [-0.2, 0) is 4.79 Å². The normalized spacial score (nSPS) is 10.3. The number of nitrogens with one attached hydrogen (secondary N) is 1. The first-order chi connectivity index (χ1) is 13.2. The fraction of sp³-hybridized carbons (Fsp3) is 0.800. The van der Waals surface area contributed by atoms with E-state index in [-0.39, 0.29) is 5.91 Å². The van der Waals surface area contributed by atoms with Gasteiger partial charge in [0.25, 0.3) is 0 Å². The van der Waals surface area contributed by atoms with E-state index in [0.717, 1.165) is 44.2 Å². The molecule has 0 aliphatic rings. The zero-order valence-electron chi connectivity index (χ0n) is 18.3. The van der Waals surface area contributed by atoms with Gasteiger partial charge in [0.2, 0.25) is 5.91 Å². The highest BCUT2D eigenvalue weighted by Gasteiger charge is 2.00. The van der Waals surface area contributed by atoms with E-state index in [1.54, 1.807) is 0 Å². The summed E-state index contributed by atoms with van der Waals surface area (Å²) >= 11 is 0. The second-order valence-electron chi connectivity index (χ2n) is 7.75. The van der Waals surface area contributed by atoms with Gasteiger partial charge < -0.3 is 5.32 Å². The maximum absolute atomic E-state index is 11.7. The average Bonchev–Trinajstić information content (AvgIpc) is 2.66. The van der Waals surface area contributed by atoms with Crippen LogP contribution in [0.3, 0.4) is 0 Å². The van der Waals surface area contributed by atoms with E-state index in [1.165, 1.54) is 70.6 Å². The molecular weight excluding hydrogens is 330 g/mol. The van der Waals surface area contributed by atoms with Gasteiger partial charge in [0.1, 0.15) is 0 Å². The van der Waals surface area contributed by atoms with E-state index in [9.17, 15) is 4.79 Å². The van der Waals surface area contributed by atoms with Gasteiger partial charge in [-0.3, -0.25) is 4.79 Å². The lowest BCUT2D eigenvalue weighted by Gasteiger charge is -2.05. The van der Waals surface area contributed by atoms with Crippen LogP contribution in [0.25, 0.3) is 0 Å². The standard InChI is InChI=1S/C25H45NO/c1-4-6-8-10-11-13-16-20-24(3)21-17-14-12-15-18-22-25(27)26-23-19-9-7-5-2/h3-15,17-19,21-23H2,1-2H3,(H,26,27). The minimum absolute atomic E-state index is 0.227. The van der Waals surface area contributed by atoms with Crippen molar-refractivity contribution in [3.05, 3.63) is 12.2 Å². The van der Waals surface area contributed by atoms with Gasteiger partial charge in [-0.2, -0.15) is 0 Å². The van der Waals surface area contributed by atoms with Crippen molar-refractivity contribution in [3.8, 4) is 11.8 Å². The molecule has 27 heavy (non-hydrogen) atoms. The Morgan fingerprint density at radius 3 is 2.00 bits per heavy atom. The second-order valence-corrected chi connectivity index (χ2v) is 7.75. The molecule has 0 heterocycles. The third kappa shape index (κ3) is 20.9. The Balaban J connectivity index is 3.38. The van der Waals surface area contributed by atoms with Crippen LogP contribution in [0.1, 0.15) is 123 Å². The molecule has 0 aromatic carbocycles. The summed E-state index contributed by atoms with van der Waals surface area (Å²) in [5, 5.41) is 3.03. The fourth-order valence-electron chi connectivity index (χ4n) is 3.09. The van der Waals surface area contributed by atoms with Crippen LogP contribution in [0.4, 0.5) is 0 Å². The van der Waals surface area contributed by atoms with Crippen LogP contribution < -0.4 is 5.32 Å². The van der Waals surface area contributed by atoms with Gasteiger partial charge in [-0.15, -0.1) is 0 Å². The first kappa shape index (κ1) is 25.8. The van der Waals surface area contributed by atoms with Gasteiger partial charge in [0.15, 0.2) is 0 Å². The Morgan fingerprint density at radius 1 is 0.741 bits per heavy atom. The number of hydrogen-bond acceptors (Lipinski definition) is 1. The molecule has 2 heteroatoms. The highest BCUT2D eigenvalue weighted by atomic mass is 16.1. The van der Waals surface area contributed by atoms with Crippen molar-refractivity contribution in [2.75, 3.05) is 6.54 Å². The number of hydrogen-bond donors (Lipinski definition) is 1. The predicted molar refractivity (Wildman–Crippen MR) is 120 cm³/mol. The molecule has 0 spiro atoms. The number of carbonyl (C=O) groups is 1. The van der Waals surface area contributed by atoms with Crippen molar-refractivity contribution in [1.29, 1.82) is 0 Å². The van der Waals surface area contributed by atoms with Crippen molar-refractivity contribution in [3.63, 3.8) is 0 Å². The minimum Gasteiger partial charge on any atom is -0.356 e. The number of allylic oxidation sites excluding steroid dienone is 1. The van der Waals surface area contributed by atoms with Gasteiger partial charge >= 0.3 is 0 Å². The van der Waals surface area contributed by atoms with E-state index in [1.807, 2.05) is 0 Å². The van der Waals surface area contributed by atoms with E-state index in [0.29, 0.717) is 6.42 Å². The topological polar surface area (TPSA) is 29.1 Å². The molecule has 0 aromatic rings. The first-order valence-corrected chi connectivity index (χ1v) is 11.6. The van der Waals surface area contributed by atoms with Crippen molar-refractivity contribution in [2.45, 2.75) is 123 Å². The molecule has 1 amide bonds. The Labute approximate surface area is 170 Å². The number of unbranched alkanes of at least 4 members (excludes halogenated alkanes) is 12. The SMILES string of the molecule is C=C(C#CCCCCCCC)CCCCCCCC(=O)NCCCCCC. The lowest BCUT2D eigenvalue weighted by atomic mass is 10.1. The maximum atomic E-state index is 11.7. The maximum Gasteiger partial charge on any atom is 0.219 e. The summed E-state index contributed by atoms with van der Waals surface area (Å²) in [7, 11) is 0. The van der Waals surface area contributed by atoms with Crippen LogP contribution in [0, 0.1) is 11.8 Å². The minimum atomic E-state index is 0.227. The molecule has 0 aromatic heterocycles. The van der Waals surface area contributed by atoms with Crippen molar-refractivity contribution in [1.82, 2.24) is 5.32 Å². The van der Waals surface area contributed by atoms with E-state index in [2.05, 4.69) is 37.6 Å². The molecular formula is C25H45NO. The summed E-state index contributed by atoms with van der Waals surface area (Å²) in [5.74, 6) is 6.72. The molecule has 2 nitrogen and oxygen atoms in total. The largest absolute Gasteiger partial charge is 0.356 e. The van der Waals surface area contributed by atoms with E-state index >= 15 is 0 Å². The monoisotopic (exact) mass is 375 g/mol. The van der Waals surface area contributed by atoms with Crippen molar-refractivity contribution >= 4 is 5.91 Å². The molecule has 0 radical (unpaired) electrons. The highest BCUT2D eigenvalue weighted by molar-refractivity contribution is 5.75. The quantitative estimate of drug-likeness (QED) is 0.197. The summed E-state index contributed by atoms with van der Waals surface area (Å²) in [6.07, 6.45) is 19.9. The first-order valence-electron chi connectivity index (χ1n) is 11.6. The Morgan fingerprint density at radius 2 is 1.30 bits per heavy atom. The van der Waals surface area contributed by atoms with Crippen LogP contribution >= 0.6 is 0 Å². The molecule has 0 atom stereocenters. The summed E-state index contributed by atoms with van der Waals surface area (Å²) in [6.45, 7) is 9.38. The summed E-state index contributed by atoms with van der Waals surface area (Å²) in [4.78, 5) is 11.7. The number of amides is 1. The Kier molecular flexibility index (Phi) is 20.1. The fourth-order valence-corrected chi connectivity index (χ4v) is 3.09. The van der Waals surface area contributed by atoms with Gasteiger partial charge in [-0.25, -0.2) is 0 Å². The van der Waals surface area contributed by atoms with E-state index in [4.69, 9.17) is 0 Å². The number of rotatable bonds is 18. The lowest BCUT2D eigenvalue weighted by Crippen LogP contribution is -2.23. The molecule has 0 aliphatic carbocycles. The number of carbonyl (C=O) groups excluding carboxylic acids is 1. The smallest absolute Gasteiger partial charge is 0.219 e. The Bertz CT molecular complexity index is 416. The molecule has 0 rings (SSSR count). The molecule has 1 N–H and O–H groups in total. The van der Waals surface area contributed by atoms with Gasteiger partial charge in [-0.05, 0) is 37.7 Å². The van der Waals surface area contributed by atoms with Crippen LogP contribution in [0.2, 0.25) is 0 Å². The summed E-state index contributed by atoms with van der Waals surface area (Å²) < 4.78 is 0. The highest BCUT2D eigenvalue weighted by Crippen LogP contribution is 2.11. The zero-order chi connectivity index (χ0) is 20.0. The Hall–Kier alpha value is -1.23. The van der Waals surface area contributed by atoms with Crippen LogP contribution in [0.15, 0.2) is 12.2 Å². The molecule has 0 saturated heterocycles. The summed E-state index contributed by atoms with van der Waals surface area (Å²) in [6, 6.07) is 0. The van der Waals surface area contributed by atoms with Gasteiger partial charge in [0, 0.05) is 19.4 Å². The molecule has 0 fully saturated rings. The molecule has 0 bridgehead atoms. The third-order valence-electron chi connectivity index (χ3n) is 4.91. The van der Waals surface area contributed by atoms with Crippen molar-refractivity contribution < 1.29 is 4.79 Å². The second kappa shape index (κ2) is 21.1. The average molecular weight is 376 g/mol. The lowest BCUT2D eigenvalue weighted by molar-refractivity contribution is -0.121. The predicted octanol–water partition coefficient (Wildman–Crippen LogP) is 7.33. The van der Waals surface area contributed by atoms with E-state index < -0.39 is 0 Å². The molecule has 0 unspecified atom stereocenters. The summed E-state index contributed by atoms with van der Waals surface area (Å²) in [5.41, 5.74) is 1.09.